The highest BCUT2D eigenvalue weighted by Gasteiger charge is 1.97. The Morgan fingerprint density at radius 3 is 2.58 bits per heavy atom. The lowest BCUT2D eigenvalue weighted by atomic mass is 10.1. The molecule has 0 radical (unpaired) electrons. The highest BCUT2D eigenvalue weighted by atomic mass is 35.5. The second-order valence-corrected chi connectivity index (χ2v) is 3.45. The van der Waals surface area contributed by atoms with Crippen LogP contribution in [0.5, 0.6) is 0 Å². The topological polar surface area (TPSA) is 0 Å². The van der Waals surface area contributed by atoms with Crippen LogP contribution in [0.4, 0.5) is 0 Å². The van der Waals surface area contributed by atoms with Crippen LogP contribution < -0.4 is 0 Å². The first-order valence-electron chi connectivity index (χ1n) is 3.61. The highest BCUT2D eigenvalue weighted by Crippen LogP contribution is 2.25. The van der Waals surface area contributed by atoms with Crippen LogP contribution in [0.3, 0.4) is 0 Å². The lowest BCUT2D eigenvalue weighted by Crippen LogP contribution is -1.73. The summed E-state index contributed by atoms with van der Waals surface area (Å²) in [6, 6.07) is 11.5. The van der Waals surface area contributed by atoms with E-state index in [1.165, 1.54) is 0 Å². The maximum Gasteiger partial charge on any atom is 0.0484 e. The van der Waals surface area contributed by atoms with Gasteiger partial charge in [-0.05, 0) is 23.6 Å². The van der Waals surface area contributed by atoms with Crippen LogP contribution in [0.25, 0.3) is 10.8 Å². The fourth-order valence-electron chi connectivity index (χ4n) is 1.22. The van der Waals surface area contributed by atoms with Crippen molar-refractivity contribution in [3.05, 3.63) is 46.4 Å². The van der Waals surface area contributed by atoms with Gasteiger partial charge in [0.2, 0.25) is 0 Å². The minimum atomic E-state index is 0.741. The number of rotatable bonds is 0. The monoisotopic (exact) mass is 196 g/mol. The number of benzene rings is 2. The Hall–Kier alpha value is -0.720. The molecule has 0 N–H and O–H groups in total. The van der Waals surface area contributed by atoms with Crippen LogP contribution in [-0.2, 0) is 0 Å². The van der Waals surface area contributed by atoms with Gasteiger partial charge in [-0.1, -0.05) is 41.4 Å². The molecule has 2 heteroatoms. The fraction of sp³-hybridized carbons (Fsp3) is 0. The molecule has 0 nitrogen and oxygen atoms in total. The minimum absolute atomic E-state index is 0.741. The summed E-state index contributed by atoms with van der Waals surface area (Å²) in [4.78, 5) is 0. The van der Waals surface area contributed by atoms with Gasteiger partial charge in [-0.15, -0.1) is 0 Å². The number of fused-ring (bicyclic) bond motifs is 1. The van der Waals surface area contributed by atoms with Crippen molar-refractivity contribution < 1.29 is 0 Å². The molecule has 0 spiro atoms. The summed E-state index contributed by atoms with van der Waals surface area (Å²) in [5, 5.41) is 3.63. The third kappa shape index (κ3) is 1.28. The first-order valence-corrected chi connectivity index (χ1v) is 4.37. The largest absolute Gasteiger partial charge is 0.0843 e. The SMILES string of the molecule is Clc1ccc2c(Cl)cccc2c1. The smallest absolute Gasteiger partial charge is 0.0484 e. The van der Waals surface area contributed by atoms with Crippen molar-refractivity contribution in [3.8, 4) is 0 Å². The molecule has 2 rings (SSSR count). The molecule has 0 saturated heterocycles. The first-order chi connectivity index (χ1) is 5.77. The van der Waals surface area contributed by atoms with E-state index in [1.807, 2.05) is 36.4 Å². The molecule has 12 heavy (non-hydrogen) atoms. The van der Waals surface area contributed by atoms with Crippen LogP contribution in [0, 0.1) is 0 Å². The summed E-state index contributed by atoms with van der Waals surface area (Å²) in [6.45, 7) is 0. The molecule has 0 aliphatic heterocycles. The van der Waals surface area contributed by atoms with Crippen LogP contribution >= 0.6 is 23.2 Å². The Bertz CT molecular complexity index is 421. The molecular weight excluding hydrogens is 191 g/mol. The Morgan fingerprint density at radius 1 is 0.917 bits per heavy atom. The average molecular weight is 197 g/mol. The molecule has 0 aromatic heterocycles. The van der Waals surface area contributed by atoms with E-state index in [9.17, 15) is 0 Å². The molecule has 0 fully saturated rings. The van der Waals surface area contributed by atoms with Crippen molar-refractivity contribution in [2.75, 3.05) is 0 Å². The van der Waals surface area contributed by atoms with Crippen molar-refractivity contribution in [1.29, 1.82) is 0 Å². The first kappa shape index (κ1) is 7.90. The third-order valence-electron chi connectivity index (χ3n) is 1.79. The van der Waals surface area contributed by atoms with E-state index in [-0.39, 0.29) is 0 Å². The highest BCUT2D eigenvalue weighted by molar-refractivity contribution is 6.36. The molecule has 0 aliphatic rings. The maximum absolute atomic E-state index is 5.97. The van der Waals surface area contributed by atoms with Crippen LogP contribution in [0.2, 0.25) is 10.0 Å². The lowest BCUT2D eigenvalue weighted by Gasteiger charge is -1.99. The zero-order valence-electron chi connectivity index (χ0n) is 6.22. The van der Waals surface area contributed by atoms with Gasteiger partial charge in [0.25, 0.3) is 0 Å². The van der Waals surface area contributed by atoms with E-state index in [2.05, 4.69) is 0 Å². The molecule has 0 bridgehead atoms. The third-order valence-corrected chi connectivity index (χ3v) is 2.35. The average Bonchev–Trinajstić information content (AvgIpc) is 2.04. The second kappa shape index (κ2) is 2.96. The summed E-state index contributed by atoms with van der Waals surface area (Å²) < 4.78 is 0. The minimum Gasteiger partial charge on any atom is -0.0843 e. The Kier molecular flexibility index (Phi) is 1.95. The van der Waals surface area contributed by atoms with Gasteiger partial charge in [-0.3, -0.25) is 0 Å². The predicted octanol–water partition coefficient (Wildman–Crippen LogP) is 4.15. The van der Waals surface area contributed by atoms with E-state index >= 15 is 0 Å². The van der Waals surface area contributed by atoms with E-state index in [0.29, 0.717) is 0 Å². The molecular formula is C10H6Cl2. The summed E-state index contributed by atoms with van der Waals surface area (Å²) in [5.74, 6) is 0. The van der Waals surface area contributed by atoms with Gasteiger partial charge in [0.05, 0.1) is 0 Å². The molecule has 60 valence electrons. The van der Waals surface area contributed by atoms with Crippen LogP contribution in [0.15, 0.2) is 36.4 Å². The zero-order valence-corrected chi connectivity index (χ0v) is 7.73. The zero-order chi connectivity index (χ0) is 8.55. The molecule has 2 aromatic rings. The van der Waals surface area contributed by atoms with Crippen molar-refractivity contribution in [1.82, 2.24) is 0 Å². The van der Waals surface area contributed by atoms with Gasteiger partial charge in [-0.2, -0.15) is 0 Å². The Morgan fingerprint density at radius 2 is 1.75 bits per heavy atom. The van der Waals surface area contributed by atoms with Crippen LogP contribution in [-0.4, -0.2) is 0 Å². The Balaban J connectivity index is 2.86. The molecule has 0 heterocycles. The van der Waals surface area contributed by atoms with E-state index < -0.39 is 0 Å². The predicted molar refractivity (Wildman–Crippen MR) is 54.0 cm³/mol. The van der Waals surface area contributed by atoms with Crippen molar-refractivity contribution in [3.63, 3.8) is 0 Å². The summed E-state index contributed by atoms with van der Waals surface area (Å²) in [7, 11) is 0. The molecule has 0 atom stereocenters. The van der Waals surface area contributed by atoms with Gasteiger partial charge in [0, 0.05) is 15.4 Å². The van der Waals surface area contributed by atoms with Crippen molar-refractivity contribution in [2.24, 2.45) is 0 Å². The maximum atomic E-state index is 5.97. The molecule has 0 saturated carbocycles. The van der Waals surface area contributed by atoms with Gasteiger partial charge in [0.1, 0.15) is 0 Å². The summed E-state index contributed by atoms with van der Waals surface area (Å²) >= 11 is 11.8. The normalized spacial score (nSPS) is 10.5. The van der Waals surface area contributed by atoms with E-state index in [4.69, 9.17) is 23.2 Å². The standard InChI is InChI=1S/C10H6Cl2/c11-8-4-5-9-7(6-8)2-1-3-10(9)12/h1-6H. The lowest BCUT2D eigenvalue weighted by molar-refractivity contribution is 1.75. The van der Waals surface area contributed by atoms with E-state index in [0.717, 1.165) is 20.8 Å². The fourth-order valence-corrected chi connectivity index (χ4v) is 1.64. The summed E-state index contributed by atoms with van der Waals surface area (Å²) in [5.41, 5.74) is 0. The number of hydrogen-bond donors (Lipinski definition) is 0. The molecule has 0 amide bonds. The summed E-state index contributed by atoms with van der Waals surface area (Å²) in [6.07, 6.45) is 0. The molecule has 0 aliphatic carbocycles. The quantitative estimate of drug-likeness (QED) is 0.595. The van der Waals surface area contributed by atoms with Gasteiger partial charge < -0.3 is 0 Å². The van der Waals surface area contributed by atoms with Crippen LogP contribution in [0.1, 0.15) is 0 Å². The van der Waals surface area contributed by atoms with Crippen molar-refractivity contribution >= 4 is 34.0 Å². The van der Waals surface area contributed by atoms with E-state index in [1.54, 1.807) is 0 Å². The number of hydrogen-bond acceptors (Lipinski definition) is 0. The van der Waals surface area contributed by atoms with Gasteiger partial charge in [0.15, 0.2) is 0 Å². The van der Waals surface area contributed by atoms with Crippen molar-refractivity contribution in [2.45, 2.75) is 0 Å². The molecule has 2 aromatic carbocycles. The number of halogens is 2. The second-order valence-electron chi connectivity index (χ2n) is 2.61. The van der Waals surface area contributed by atoms with Gasteiger partial charge >= 0.3 is 0 Å². The Labute approximate surface area is 80.7 Å². The van der Waals surface area contributed by atoms with Gasteiger partial charge in [-0.25, -0.2) is 0 Å². The molecule has 0 unspecified atom stereocenters.